The third-order valence-electron chi connectivity index (χ3n) is 3.85. The van der Waals surface area contributed by atoms with Crippen molar-refractivity contribution in [2.24, 2.45) is 0 Å². The van der Waals surface area contributed by atoms with E-state index in [1.54, 1.807) is 0 Å². The Kier molecular flexibility index (Phi) is 5.10. The largest absolute Gasteiger partial charge is 0.319 e. The summed E-state index contributed by atoms with van der Waals surface area (Å²) in [6.45, 7) is -0.391. The highest BCUT2D eigenvalue weighted by atomic mass is 35.5. The van der Waals surface area contributed by atoms with E-state index < -0.39 is 29.5 Å². The molecule has 1 saturated carbocycles. The summed E-state index contributed by atoms with van der Waals surface area (Å²) in [7, 11) is 0. The Bertz CT molecular complexity index is 884. The van der Waals surface area contributed by atoms with Crippen molar-refractivity contribution in [3.63, 3.8) is 0 Å². The second-order valence-electron chi connectivity index (χ2n) is 5.78. The van der Waals surface area contributed by atoms with Crippen molar-refractivity contribution in [2.75, 3.05) is 5.32 Å². The van der Waals surface area contributed by atoms with Gasteiger partial charge in [-0.2, -0.15) is 5.10 Å². The lowest BCUT2D eigenvalue weighted by Crippen LogP contribution is -2.21. The Morgan fingerprint density at radius 1 is 1.42 bits per heavy atom. The normalized spacial score (nSPS) is 13.9. The first-order valence-electron chi connectivity index (χ1n) is 7.56. The lowest BCUT2D eigenvalue weighted by molar-refractivity contribution is -0.383. The number of carbonyl (C=O) groups is 1. The van der Waals surface area contributed by atoms with Crippen molar-refractivity contribution in [1.82, 2.24) is 9.78 Å². The lowest BCUT2D eigenvalue weighted by Gasteiger charge is -2.09. The van der Waals surface area contributed by atoms with E-state index in [2.05, 4.69) is 10.4 Å². The van der Waals surface area contributed by atoms with Crippen LogP contribution in [0.2, 0.25) is 10.0 Å². The molecule has 1 amide bonds. The molecule has 3 rings (SSSR count). The molecule has 1 fully saturated rings. The van der Waals surface area contributed by atoms with Crippen molar-refractivity contribution >= 4 is 40.5 Å². The van der Waals surface area contributed by atoms with Crippen molar-refractivity contribution in [3.8, 4) is 0 Å². The first-order chi connectivity index (χ1) is 12.3. The van der Waals surface area contributed by atoms with Gasteiger partial charge in [0.15, 0.2) is 0 Å². The minimum atomic E-state index is -2.86. The number of halogens is 4. The van der Waals surface area contributed by atoms with Crippen LogP contribution in [0.25, 0.3) is 0 Å². The average molecular weight is 405 g/mol. The molecule has 0 aliphatic heterocycles. The van der Waals surface area contributed by atoms with E-state index in [4.69, 9.17) is 23.2 Å². The number of carbonyl (C=O) groups excluding carboxylic acids is 1. The number of hydrogen-bond donors (Lipinski definition) is 1. The molecule has 1 aliphatic carbocycles. The van der Waals surface area contributed by atoms with Gasteiger partial charge in [0.2, 0.25) is 5.91 Å². The molecule has 7 nitrogen and oxygen atoms in total. The summed E-state index contributed by atoms with van der Waals surface area (Å²) in [6.07, 6.45) is -1.31. The molecular formula is C15H12Cl2F2N4O3. The van der Waals surface area contributed by atoms with Gasteiger partial charge in [0.05, 0.1) is 15.6 Å². The third-order valence-corrected chi connectivity index (χ3v) is 4.47. The molecular weight excluding hydrogens is 393 g/mol. The summed E-state index contributed by atoms with van der Waals surface area (Å²) in [5.74, 6) is -0.669. The fourth-order valence-corrected chi connectivity index (χ4v) is 3.10. The molecule has 2 aromatic rings. The zero-order valence-electron chi connectivity index (χ0n) is 13.1. The van der Waals surface area contributed by atoms with Gasteiger partial charge in [-0.3, -0.25) is 19.6 Å². The number of nitrogens with one attached hydrogen (secondary N) is 1. The number of nitrogens with zero attached hydrogens (tertiary/aromatic N) is 3. The number of rotatable bonds is 6. The smallest absolute Gasteiger partial charge is 0.294 e. The highest BCUT2D eigenvalue weighted by Gasteiger charge is 2.34. The fourth-order valence-electron chi connectivity index (χ4n) is 2.57. The lowest BCUT2D eigenvalue weighted by atomic mass is 10.2. The third kappa shape index (κ3) is 3.78. The van der Waals surface area contributed by atoms with Crippen LogP contribution in [-0.4, -0.2) is 20.6 Å². The van der Waals surface area contributed by atoms with Gasteiger partial charge in [-0.15, -0.1) is 0 Å². The first-order valence-corrected chi connectivity index (χ1v) is 8.31. The maximum absolute atomic E-state index is 13.0. The van der Waals surface area contributed by atoms with Gasteiger partial charge < -0.3 is 5.32 Å². The summed E-state index contributed by atoms with van der Waals surface area (Å²) >= 11 is 11.7. The van der Waals surface area contributed by atoms with Gasteiger partial charge in [0, 0.05) is 17.0 Å². The number of hydrogen-bond acceptors (Lipinski definition) is 4. The van der Waals surface area contributed by atoms with E-state index in [-0.39, 0.29) is 27.3 Å². The van der Waals surface area contributed by atoms with Crippen LogP contribution >= 0.6 is 23.2 Å². The van der Waals surface area contributed by atoms with Crippen LogP contribution in [0, 0.1) is 10.1 Å². The molecule has 11 heteroatoms. The molecule has 1 aromatic heterocycles. The summed E-state index contributed by atoms with van der Waals surface area (Å²) in [6, 6.07) is 3.78. The Balaban J connectivity index is 1.83. The number of amides is 1. The van der Waals surface area contributed by atoms with E-state index in [1.807, 2.05) is 0 Å². The Labute approximate surface area is 156 Å². The number of alkyl halides is 2. The number of anilines is 1. The van der Waals surface area contributed by atoms with E-state index >= 15 is 0 Å². The predicted octanol–water partition coefficient (Wildman–Crippen LogP) is 4.55. The average Bonchev–Trinajstić information content (AvgIpc) is 3.33. The van der Waals surface area contributed by atoms with Crippen LogP contribution in [0.4, 0.5) is 20.2 Å². The fraction of sp³-hybridized carbons (Fsp3) is 0.333. The van der Waals surface area contributed by atoms with Gasteiger partial charge in [-0.1, -0.05) is 23.2 Å². The summed E-state index contributed by atoms with van der Waals surface area (Å²) in [4.78, 5) is 22.7. The van der Waals surface area contributed by atoms with Crippen LogP contribution in [0.5, 0.6) is 0 Å². The minimum Gasteiger partial charge on any atom is -0.319 e. The second-order valence-corrected chi connectivity index (χ2v) is 6.60. The van der Waals surface area contributed by atoms with E-state index in [1.165, 1.54) is 12.1 Å². The molecule has 0 radical (unpaired) electrons. The van der Waals surface area contributed by atoms with Crippen LogP contribution in [0.1, 0.15) is 36.6 Å². The molecule has 1 heterocycles. The highest BCUT2D eigenvalue weighted by molar-refractivity contribution is 6.32. The zero-order valence-corrected chi connectivity index (χ0v) is 14.6. The van der Waals surface area contributed by atoms with Crippen molar-refractivity contribution in [2.45, 2.75) is 31.7 Å². The maximum Gasteiger partial charge on any atom is 0.294 e. The molecule has 26 heavy (non-hydrogen) atoms. The topological polar surface area (TPSA) is 90.1 Å². The first kappa shape index (κ1) is 18.5. The maximum atomic E-state index is 13.0. The zero-order chi connectivity index (χ0) is 19.0. The van der Waals surface area contributed by atoms with Crippen LogP contribution in [-0.2, 0) is 11.3 Å². The van der Waals surface area contributed by atoms with Gasteiger partial charge in [-0.05, 0) is 25.0 Å². The molecule has 0 bridgehead atoms. The van der Waals surface area contributed by atoms with Gasteiger partial charge in [0.25, 0.3) is 12.1 Å². The highest BCUT2D eigenvalue weighted by Crippen LogP contribution is 2.45. The van der Waals surface area contributed by atoms with E-state index in [9.17, 15) is 23.7 Å². The molecule has 1 aromatic carbocycles. The Hall–Kier alpha value is -2.26. The van der Waals surface area contributed by atoms with Crippen LogP contribution in [0.3, 0.4) is 0 Å². The SMILES string of the molecule is O=C(Cn1nc(C(F)F)c(Cl)c1C1CC1)Nc1ccc(Cl)cc1[N+](=O)[O-]. The van der Waals surface area contributed by atoms with Crippen molar-refractivity contribution in [3.05, 3.63) is 49.7 Å². The van der Waals surface area contributed by atoms with Crippen LogP contribution < -0.4 is 5.32 Å². The van der Waals surface area contributed by atoms with Crippen molar-refractivity contribution < 1.29 is 18.5 Å². The molecule has 0 atom stereocenters. The molecule has 1 N–H and O–H groups in total. The minimum absolute atomic E-state index is 0.0137. The van der Waals surface area contributed by atoms with Gasteiger partial charge in [0.1, 0.15) is 17.9 Å². The van der Waals surface area contributed by atoms with Gasteiger partial charge >= 0.3 is 0 Å². The molecule has 138 valence electrons. The number of nitro groups is 1. The predicted molar refractivity (Wildman–Crippen MR) is 90.9 cm³/mol. The molecule has 0 spiro atoms. The molecule has 1 aliphatic rings. The van der Waals surface area contributed by atoms with Crippen molar-refractivity contribution in [1.29, 1.82) is 0 Å². The van der Waals surface area contributed by atoms with Gasteiger partial charge in [-0.25, -0.2) is 8.78 Å². The summed E-state index contributed by atoms with van der Waals surface area (Å²) in [5, 5.41) is 17.2. The monoisotopic (exact) mass is 404 g/mol. The number of nitro benzene ring substituents is 1. The molecule has 0 unspecified atom stereocenters. The Morgan fingerprint density at radius 2 is 2.12 bits per heavy atom. The molecule has 0 saturated heterocycles. The summed E-state index contributed by atoms with van der Waals surface area (Å²) < 4.78 is 27.2. The number of benzene rings is 1. The Morgan fingerprint density at radius 3 is 2.69 bits per heavy atom. The second kappa shape index (κ2) is 7.16. The standard InChI is InChI=1S/C15H12Cl2F2N4O3/c16-8-3-4-9(10(5-8)23(25)26)20-11(24)6-22-14(7-1-2-7)12(17)13(21-22)15(18)19/h3-5,7,15H,1-2,6H2,(H,20,24). The number of aromatic nitrogens is 2. The van der Waals surface area contributed by atoms with E-state index in [0.717, 1.165) is 23.6 Å². The van der Waals surface area contributed by atoms with E-state index in [0.29, 0.717) is 5.69 Å². The van der Waals surface area contributed by atoms with Crippen LogP contribution in [0.15, 0.2) is 18.2 Å². The summed E-state index contributed by atoms with van der Waals surface area (Å²) in [5.41, 5.74) is -0.605. The quantitative estimate of drug-likeness (QED) is 0.564.